The summed E-state index contributed by atoms with van der Waals surface area (Å²) in [5.74, 6) is 0.898. The van der Waals surface area contributed by atoms with Crippen molar-refractivity contribution in [1.29, 1.82) is 0 Å². The van der Waals surface area contributed by atoms with Crippen LogP contribution in [0, 0.1) is 5.92 Å². The summed E-state index contributed by atoms with van der Waals surface area (Å²) in [6, 6.07) is 18.8. The van der Waals surface area contributed by atoms with E-state index in [2.05, 4.69) is 64.6 Å². The molecule has 2 aliphatic heterocycles. The highest BCUT2D eigenvalue weighted by atomic mass is 16.6. The Kier molecular flexibility index (Phi) is 10.1. The molecule has 9 heteroatoms. The van der Waals surface area contributed by atoms with Crippen molar-refractivity contribution in [3.8, 4) is 17.1 Å². The molecule has 0 bridgehead atoms. The van der Waals surface area contributed by atoms with E-state index in [0.717, 1.165) is 49.4 Å². The molecule has 0 saturated carbocycles. The zero-order chi connectivity index (χ0) is 32.0. The number of hydrogen-bond donors (Lipinski definition) is 1. The van der Waals surface area contributed by atoms with Crippen molar-refractivity contribution in [3.05, 3.63) is 77.6 Å². The first kappa shape index (κ1) is 32.4. The van der Waals surface area contributed by atoms with Gasteiger partial charge in [0.1, 0.15) is 5.60 Å². The first-order valence-electron chi connectivity index (χ1n) is 16.2. The molecule has 2 aromatic heterocycles. The predicted octanol–water partition coefficient (Wildman–Crippen LogP) is 5.97. The van der Waals surface area contributed by atoms with Crippen LogP contribution in [0.5, 0.6) is 5.88 Å². The Bertz CT molecular complexity index is 1470. The van der Waals surface area contributed by atoms with Crippen LogP contribution in [0.1, 0.15) is 70.7 Å². The fourth-order valence-electron chi connectivity index (χ4n) is 6.85. The van der Waals surface area contributed by atoms with E-state index in [9.17, 15) is 9.59 Å². The van der Waals surface area contributed by atoms with Crippen LogP contribution >= 0.6 is 0 Å². The SMILES string of the molecule is CCOc1ncccc1-c1ccc2c(n1)CN(C(=O)CCNC(=O)OC(C)(C)C)C[C@]21CCN(Cc2ccccc2)C[C@H]1CC. The predicted molar refractivity (Wildman–Crippen MR) is 175 cm³/mol. The number of benzene rings is 1. The number of hydrogen-bond acceptors (Lipinski definition) is 7. The quantitative estimate of drug-likeness (QED) is 0.318. The molecule has 1 fully saturated rings. The van der Waals surface area contributed by atoms with E-state index in [1.807, 2.05) is 44.7 Å². The molecule has 1 N–H and O–H groups in total. The van der Waals surface area contributed by atoms with E-state index < -0.39 is 11.7 Å². The van der Waals surface area contributed by atoms with Crippen molar-refractivity contribution in [3.63, 3.8) is 0 Å². The summed E-state index contributed by atoms with van der Waals surface area (Å²) in [7, 11) is 0. The molecule has 240 valence electrons. The van der Waals surface area contributed by atoms with Gasteiger partial charge in [-0.15, -0.1) is 0 Å². The van der Waals surface area contributed by atoms with Crippen LogP contribution < -0.4 is 10.1 Å². The lowest BCUT2D eigenvalue weighted by molar-refractivity contribution is -0.134. The van der Waals surface area contributed by atoms with Crippen molar-refractivity contribution < 1.29 is 19.1 Å². The van der Waals surface area contributed by atoms with Crippen LogP contribution in [-0.2, 0) is 28.0 Å². The van der Waals surface area contributed by atoms with Crippen LogP contribution in [0.3, 0.4) is 0 Å². The van der Waals surface area contributed by atoms with Gasteiger partial charge in [-0.25, -0.2) is 9.78 Å². The molecule has 9 nitrogen and oxygen atoms in total. The molecule has 1 saturated heterocycles. The Morgan fingerprint density at radius 3 is 2.60 bits per heavy atom. The largest absolute Gasteiger partial charge is 0.477 e. The van der Waals surface area contributed by atoms with E-state index in [-0.39, 0.29) is 24.3 Å². The highest BCUT2D eigenvalue weighted by molar-refractivity contribution is 5.78. The Balaban J connectivity index is 1.43. The van der Waals surface area contributed by atoms with Gasteiger partial charge < -0.3 is 19.7 Å². The van der Waals surface area contributed by atoms with E-state index in [1.165, 1.54) is 11.1 Å². The summed E-state index contributed by atoms with van der Waals surface area (Å²) < 4.78 is 11.2. The third kappa shape index (κ3) is 7.64. The average Bonchev–Trinajstić information content (AvgIpc) is 3.01. The van der Waals surface area contributed by atoms with E-state index in [4.69, 9.17) is 14.5 Å². The molecule has 0 radical (unpaired) electrons. The number of rotatable bonds is 9. The Hall–Kier alpha value is -3.98. The lowest BCUT2D eigenvalue weighted by atomic mass is 9.62. The normalized spacial score (nSPS) is 20.0. The first-order chi connectivity index (χ1) is 21.6. The van der Waals surface area contributed by atoms with Gasteiger partial charge >= 0.3 is 6.09 Å². The minimum atomic E-state index is -0.596. The summed E-state index contributed by atoms with van der Waals surface area (Å²) in [5, 5.41) is 2.75. The molecular formula is C36H47N5O4. The summed E-state index contributed by atoms with van der Waals surface area (Å²) in [4.78, 5) is 40.1. The third-order valence-electron chi connectivity index (χ3n) is 8.89. The highest BCUT2D eigenvalue weighted by Gasteiger charge is 2.49. The maximum Gasteiger partial charge on any atom is 0.407 e. The van der Waals surface area contributed by atoms with Crippen molar-refractivity contribution in [2.75, 3.05) is 32.8 Å². The topological polar surface area (TPSA) is 96.9 Å². The van der Waals surface area contributed by atoms with Gasteiger partial charge in [0.25, 0.3) is 0 Å². The maximum atomic E-state index is 13.8. The van der Waals surface area contributed by atoms with Crippen LogP contribution in [0.4, 0.5) is 4.79 Å². The number of aromatic nitrogens is 2. The second-order valence-electron chi connectivity index (χ2n) is 13.1. The fourth-order valence-corrected chi connectivity index (χ4v) is 6.85. The van der Waals surface area contributed by atoms with Gasteiger partial charge in [-0.05, 0) is 75.9 Å². The van der Waals surface area contributed by atoms with Crippen LogP contribution in [-0.4, -0.2) is 70.2 Å². The third-order valence-corrected chi connectivity index (χ3v) is 8.89. The molecule has 2 aliphatic rings. The maximum absolute atomic E-state index is 13.8. The lowest BCUT2D eigenvalue weighted by Crippen LogP contribution is -2.58. The van der Waals surface area contributed by atoms with Gasteiger partial charge in [-0.3, -0.25) is 14.7 Å². The molecule has 5 rings (SSSR count). The highest BCUT2D eigenvalue weighted by Crippen LogP contribution is 2.47. The molecule has 0 aliphatic carbocycles. The smallest absolute Gasteiger partial charge is 0.407 e. The number of carbonyl (C=O) groups excluding carboxylic acids is 2. The number of pyridine rings is 2. The monoisotopic (exact) mass is 613 g/mol. The molecule has 3 aromatic rings. The fraction of sp³-hybridized carbons (Fsp3) is 0.500. The van der Waals surface area contributed by atoms with E-state index >= 15 is 0 Å². The van der Waals surface area contributed by atoms with Crippen LogP contribution in [0.25, 0.3) is 11.3 Å². The molecule has 1 aromatic carbocycles. The summed E-state index contributed by atoms with van der Waals surface area (Å²) in [6.45, 7) is 14.3. The minimum Gasteiger partial charge on any atom is -0.477 e. The lowest BCUT2D eigenvalue weighted by Gasteiger charge is -2.53. The van der Waals surface area contributed by atoms with Gasteiger partial charge in [0.15, 0.2) is 0 Å². The molecule has 1 spiro atoms. The molecule has 45 heavy (non-hydrogen) atoms. The zero-order valence-electron chi connectivity index (χ0n) is 27.3. The molecule has 4 heterocycles. The van der Waals surface area contributed by atoms with E-state index in [1.54, 1.807) is 6.20 Å². The van der Waals surface area contributed by atoms with Crippen molar-refractivity contribution in [1.82, 2.24) is 25.1 Å². The number of amides is 2. The Morgan fingerprint density at radius 2 is 1.87 bits per heavy atom. The number of fused-ring (bicyclic) bond motifs is 2. The molecular weight excluding hydrogens is 566 g/mol. The summed E-state index contributed by atoms with van der Waals surface area (Å²) >= 11 is 0. The number of piperidine rings is 1. The van der Waals surface area contributed by atoms with Gasteiger partial charge in [0, 0.05) is 44.2 Å². The number of alkyl carbamates (subject to hydrolysis) is 1. The number of likely N-dealkylation sites (tertiary alicyclic amines) is 1. The van der Waals surface area contributed by atoms with Crippen molar-refractivity contribution >= 4 is 12.0 Å². The Morgan fingerprint density at radius 1 is 1.07 bits per heavy atom. The van der Waals surface area contributed by atoms with Gasteiger partial charge in [-0.1, -0.05) is 49.7 Å². The molecule has 2 atom stereocenters. The van der Waals surface area contributed by atoms with Crippen LogP contribution in [0.2, 0.25) is 0 Å². The molecule has 2 amide bonds. The zero-order valence-corrected chi connectivity index (χ0v) is 27.3. The van der Waals surface area contributed by atoms with Gasteiger partial charge in [0.2, 0.25) is 11.8 Å². The van der Waals surface area contributed by atoms with Gasteiger partial charge in [-0.2, -0.15) is 0 Å². The van der Waals surface area contributed by atoms with Crippen LogP contribution in [0.15, 0.2) is 60.8 Å². The second kappa shape index (κ2) is 14.0. The van der Waals surface area contributed by atoms with Crippen molar-refractivity contribution in [2.45, 2.75) is 78.0 Å². The average molecular weight is 614 g/mol. The van der Waals surface area contributed by atoms with Gasteiger partial charge in [0.05, 0.1) is 30.1 Å². The van der Waals surface area contributed by atoms with Crippen molar-refractivity contribution in [2.24, 2.45) is 5.92 Å². The Labute approximate surface area is 267 Å². The summed E-state index contributed by atoms with van der Waals surface area (Å²) in [5.41, 5.74) is 4.30. The number of ether oxygens (including phenoxy) is 2. The molecule has 0 unspecified atom stereocenters. The number of nitrogens with zero attached hydrogens (tertiary/aromatic N) is 4. The second-order valence-corrected chi connectivity index (χ2v) is 13.1. The first-order valence-corrected chi connectivity index (χ1v) is 16.2. The number of carbonyl (C=O) groups is 2. The number of nitrogens with one attached hydrogen (secondary N) is 1. The standard InChI is InChI=1S/C36H47N5O4/c1-6-27-23-40(22-26-12-9-8-10-13-26)21-18-36(27)25-41(32(42)17-20-38-34(43)45-35(3,4)5)24-31-29(36)15-16-30(39-31)28-14-11-19-37-33(28)44-7-2/h8-16,19,27H,6-7,17-18,20-25H2,1-5H3,(H,38,43)/t27-,36+/m1/s1. The summed E-state index contributed by atoms with van der Waals surface area (Å²) in [6.07, 6.45) is 3.33. The van der Waals surface area contributed by atoms with E-state index in [0.29, 0.717) is 31.5 Å². The minimum absolute atomic E-state index is 0.00115.